The van der Waals surface area contributed by atoms with E-state index in [9.17, 15) is 18.0 Å². The molecule has 1 aliphatic rings. The SMILES string of the molecule is COC(=O)c1c(NC(=O)CN(c2ccccc2Br)S(C)(=O)=O)sc2c1CCN(C)C2. The number of nitrogens with zero attached hydrogens (tertiary/aromatic N) is 2. The zero-order valence-corrected chi connectivity index (χ0v) is 20.0. The van der Waals surface area contributed by atoms with Crippen molar-refractivity contribution < 1.29 is 22.7 Å². The highest BCUT2D eigenvalue weighted by atomic mass is 79.9. The molecule has 0 fully saturated rings. The van der Waals surface area contributed by atoms with Gasteiger partial charge in [-0.1, -0.05) is 12.1 Å². The van der Waals surface area contributed by atoms with E-state index in [0.717, 1.165) is 27.5 Å². The Morgan fingerprint density at radius 3 is 2.67 bits per heavy atom. The molecule has 0 saturated heterocycles. The van der Waals surface area contributed by atoms with Gasteiger partial charge in [0.2, 0.25) is 15.9 Å². The van der Waals surface area contributed by atoms with Crippen LogP contribution in [0.5, 0.6) is 0 Å². The average molecular weight is 516 g/mol. The van der Waals surface area contributed by atoms with E-state index in [1.807, 2.05) is 7.05 Å². The first kappa shape index (κ1) is 22.7. The zero-order valence-electron chi connectivity index (χ0n) is 16.8. The van der Waals surface area contributed by atoms with Gasteiger partial charge < -0.3 is 15.0 Å². The zero-order chi connectivity index (χ0) is 22.1. The Morgan fingerprint density at radius 1 is 1.33 bits per heavy atom. The van der Waals surface area contributed by atoms with Gasteiger partial charge in [-0.25, -0.2) is 13.2 Å². The molecule has 0 bridgehead atoms. The van der Waals surface area contributed by atoms with Crippen LogP contribution in [-0.2, 0) is 32.5 Å². The predicted molar refractivity (Wildman–Crippen MR) is 121 cm³/mol. The molecule has 2 aromatic rings. The maximum Gasteiger partial charge on any atom is 0.341 e. The summed E-state index contributed by atoms with van der Waals surface area (Å²) in [6.45, 7) is 1.04. The number of carbonyl (C=O) groups excluding carboxylic acids is 2. The summed E-state index contributed by atoms with van der Waals surface area (Å²) < 4.78 is 31.2. The van der Waals surface area contributed by atoms with Crippen molar-refractivity contribution >= 4 is 59.9 Å². The number of halogens is 1. The molecule has 3 rings (SSSR count). The number of likely N-dealkylation sites (N-methyl/N-ethyl adjacent to an activating group) is 1. The molecule has 1 aliphatic heterocycles. The van der Waals surface area contributed by atoms with Gasteiger partial charge in [-0.15, -0.1) is 11.3 Å². The van der Waals surface area contributed by atoms with Crippen LogP contribution in [0.3, 0.4) is 0 Å². The maximum atomic E-state index is 12.8. The summed E-state index contributed by atoms with van der Waals surface area (Å²) in [5, 5.41) is 3.11. The Balaban J connectivity index is 1.90. The van der Waals surface area contributed by atoms with E-state index in [1.54, 1.807) is 24.3 Å². The minimum absolute atomic E-state index is 0.353. The molecule has 11 heteroatoms. The van der Waals surface area contributed by atoms with Crippen LogP contribution in [0.15, 0.2) is 28.7 Å². The fraction of sp³-hybridized carbons (Fsp3) is 0.368. The predicted octanol–water partition coefficient (Wildman–Crippen LogP) is 2.69. The van der Waals surface area contributed by atoms with Crippen molar-refractivity contribution in [2.75, 3.05) is 43.1 Å². The molecular formula is C19H22BrN3O5S2. The summed E-state index contributed by atoms with van der Waals surface area (Å²) >= 11 is 4.65. The van der Waals surface area contributed by atoms with Crippen LogP contribution in [-0.4, -0.2) is 58.7 Å². The molecule has 2 heterocycles. The minimum Gasteiger partial charge on any atom is -0.465 e. The Morgan fingerprint density at radius 2 is 2.03 bits per heavy atom. The van der Waals surface area contributed by atoms with Crippen molar-refractivity contribution in [3.63, 3.8) is 0 Å². The monoisotopic (exact) mass is 515 g/mol. The largest absolute Gasteiger partial charge is 0.465 e. The molecule has 1 N–H and O–H groups in total. The van der Waals surface area contributed by atoms with Gasteiger partial charge in [-0.05, 0) is 47.1 Å². The van der Waals surface area contributed by atoms with Gasteiger partial charge in [-0.3, -0.25) is 9.10 Å². The van der Waals surface area contributed by atoms with E-state index in [-0.39, 0.29) is 0 Å². The normalized spacial score (nSPS) is 14.1. The number of nitrogens with one attached hydrogen (secondary N) is 1. The molecule has 30 heavy (non-hydrogen) atoms. The average Bonchev–Trinajstić information content (AvgIpc) is 3.02. The van der Waals surface area contributed by atoms with Gasteiger partial charge in [-0.2, -0.15) is 0 Å². The lowest BCUT2D eigenvalue weighted by molar-refractivity contribution is -0.114. The van der Waals surface area contributed by atoms with E-state index in [2.05, 4.69) is 26.1 Å². The summed E-state index contributed by atoms with van der Waals surface area (Å²) in [7, 11) is -0.437. The molecule has 1 aromatic heterocycles. The summed E-state index contributed by atoms with van der Waals surface area (Å²) in [6.07, 6.45) is 1.72. The quantitative estimate of drug-likeness (QED) is 0.594. The topological polar surface area (TPSA) is 96.0 Å². The van der Waals surface area contributed by atoms with Gasteiger partial charge in [0.1, 0.15) is 11.5 Å². The van der Waals surface area contributed by atoms with Crippen LogP contribution in [0, 0.1) is 0 Å². The Kier molecular flexibility index (Phi) is 6.85. The number of hydrogen-bond acceptors (Lipinski definition) is 7. The van der Waals surface area contributed by atoms with Crippen molar-refractivity contribution in [2.24, 2.45) is 0 Å². The Labute approximate surface area is 188 Å². The lowest BCUT2D eigenvalue weighted by Crippen LogP contribution is -2.37. The smallest absolute Gasteiger partial charge is 0.341 e. The van der Waals surface area contributed by atoms with E-state index < -0.39 is 28.4 Å². The number of thiophene rings is 1. The highest BCUT2D eigenvalue weighted by molar-refractivity contribution is 9.10. The highest BCUT2D eigenvalue weighted by Crippen LogP contribution is 2.37. The third kappa shape index (κ3) is 4.85. The van der Waals surface area contributed by atoms with E-state index >= 15 is 0 Å². The third-order valence-corrected chi connectivity index (χ3v) is 7.63. The maximum absolute atomic E-state index is 12.8. The number of ether oxygens (including phenoxy) is 1. The van der Waals surface area contributed by atoms with Gasteiger partial charge >= 0.3 is 5.97 Å². The van der Waals surface area contributed by atoms with Crippen LogP contribution in [0.4, 0.5) is 10.7 Å². The number of methoxy groups -OCH3 is 1. The molecule has 1 amide bonds. The van der Waals surface area contributed by atoms with Crippen molar-refractivity contribution in [2.45, 2.75) is 13.0 Å². The molecule has 0 radical (unpaired) electrons. The fourth-order valence-electron chi connectivity index (χ4n) is 3.27. The lowest BCUT2D eigenvalue weighted by Gasteiger charge is -2.23. The van der Waals surface area contributed by atoms with Crippen LogP contribution in [0.1, 0.15) is 20.8 Å². The summed E-state index contributed by atoms with van der Waals surface area (Å²) in [4.78, 5) is 28.3. The van der Waals surface area contributed by atoms with E-state index in [1.165, 1.54) is 18.4 Å². The first-order valence-electron chi connectivity index (χ1n) is 9.05. The molecule has 1 aromatic carbocycles. The molecule has 0 saturated carbocycles. The van der Waals surface area contributed by atoms with Crippen LogP contribution >= 0.6 is 27.3 Å². The van der Waals surface area contributed by atoms with Gasteiger partial charge in [0.25, 0.3) is 0 Å². The van der Waals surface area contributed by atoms with Gasteiger partial charge in [0.05, 0.1) is 24.6 Å². The summed E-state index contributed by atoms with van der Waals surface area (Å²) in [5.74, 6) is -1.06. The summed E-state index contributed by atoms with van der Waals surface area (Å²) in [6, 6.07) is 6.75. The fourth-order valence-corrected chi connectivity index (χ4v) is 6.09. The molecular weight excluding hydrogens is 494 g/mol. The molecule has 0 spiro atoms. The highest BCUT2D eigenvalue weighted by Gasteiger charge is 2.29. The van der Waals surface area contributed by atoms with Crippen molar-refractivity contribution in [1.29, 1.82) is 0 Å². The molecule has 0 atom stereocenters. The minimum atomic E-state index is -3.72. The van der Waals surface area contributed by atoms with Crippen LogP contribution in [0.2, 0.25) is 0 Å². The molecule has 0 unspecified atom stereocenters. The third-order valence-electron chi connectivity index (χ3n) is 4.70. The first-order chi connectivity index (χ1) is 14.1. The number of sulfonamides is 1. The number of carbonyl (C=O) groups is 2. The number of benzene rings is 1. The Hall–Kier alpha value is -1.95. The number of esters is 1. The van der Waals surface area contributed by atoms with E-state index in [0.29, 0.717) is 33.7 Å². The second-order valence-electron chi connectivity index (χ2n) is 6.96. The number of anilines is 2. The van der Waals surface area contributed by atoms with Crippen LogP contribution in [0.25, 0.3) is 0 Å². The molecule has 8 nitrogen and oxygen atoms in total. The number of hydrogen-bond donors (Lipinski definition) is 1. The number of para-hydroxylation sites is 1. The van der Waals surface area contributed by atoms with Crippen LogP contribution < -0.4 is 9.62 Å². The molecule has 0 aliphatic carbocycles. The second kappa shape index (κ2) is 9.04. The summed E-state index contributed by atoms with van der Waals surface area (Å²) in [5.41, 5.74) is 1.59. The van der Waals surface area contributed by atoms with Gasteiger partial charge in [0, 0.05) is 22.4 Å². The molecule has 162 valence electrons. The van der Waals surface area contributed by atoms with Gasteiger partial charge in [0.15, 0.2) is 0 Å². The first-order valence-corrected chi connectivity index (χ1v) is 12.5. The Bertz CT molecular complexity index is 1080. The standard InChI is InChI=1S/C19H22BrN3O5S2/c1-22-9-8-12-15(10-22)29-18(17(12)19(25)28-2)21-16(24)11-23(30(3,26)27)14-7-5-4-6-13(14)20/h4-7H,8-11H2,1-3H3,(H,21,24). The lowest BCUT2D eigenvalue weighted by atomic mass is 10.0. The number of amides is 1. The van der Waals surface area contributed by atoms with Crippen molar-refractivity contribution in [1.82, 2.24) is 4.90 Å². The number of fused-ring (bicyclic) bond motifs is 1. The number of rotatable bonds is 6. The second-order valence-corrected chi connectivity index (χ2v) is 10.8. The van der Waals surface area contributed by atoms with Crippen molar-refractivity contribution in [3.8, 4) is 0 Å². The van der Waals surface area contributed by atoms with E-state index in [4.69, 9.17) is 4.74 Å². The van der Waals surface area contributed by atoms with Crippen molar-refractivity contribution in [3.05, 3.63) is 44.7 Å².